The van der Waals surface area contributed by atoms with Gasteiger partial charge in [0.1, 0.15) is 0 Å². The summed E-state index contributed by atoms with van der Waals surface area (Å²) in [6.07, 6.45) is 0. The molecule has 2 aromatic carbocycles. The van der Waals surface area contributed by atoms with Crippen molar-refractivity contribution in [2.24, 2.45) is 0 Å². The van der Waals surface area contributed by atoms with Crippen molar-refractivity contribution in [2.45, 2.75) is 6.54 Å². The summed E-state index contributed by atoms with van der Waals surface area (Å²) in [5.41, 5.74) is 1.65. The molecule has 130 valence electrons. The highest BCUT2D eigenvalue weighted by Gasteiger charge is 2.13. The van der Waals surface area contributed by atoms with Crippen molar-refractivity contribution in [3.8, 4) is 11.5 Å². The first-order valence-corrected chi connectivity index (χ1v) is 7.93. The molecular formula is C19H21N3O3. The monoisotopic (exact) mass is 339 g/mol. The molecule has 0 fully saturated rings. The van der Waals surface area contributed by atoms with Crippen LogP contribution >= 0.6 is 0 Å². The molecule has 0 amide bonds. The van der Waals surface area contributed by atoms with Gasteiger partial charge in [0, 0.05) is 14.1 Å². The van der Waals surface area contributed by atoms with Crippen molar-refractivity contribution in [1.82, 2.24) is 9.55 Å². The fourth-order valence-electron chi connectivity index (χ4n) is 2.87. The van der Waals surface area contributed by atoms with Crippen LogP contribution in [0, 0.1) is 0 Å². The number of benzene rings is 2. The lowest BCUT2D eigenvalue weighted by Gasteiger charge is -2.21. The molecule has 6 heteroatoms. The predicted molar refractivity (Wildman–Crippen MR) is 99.0 cm³/mol. The third kappa shape index (κ3) is 3.15. The number of ether oxygens (including phenoxy) is 2. The molecule has 6 nitrogen and oxygen atoms in total. The molecule has 0 bridgehead atoms. The lowest BCUT2D eigenvalue weighted by Crippen LogP contribution is -2.24. The molecule has 3 rings (SSSR count). The summed E-state index contributed by atoms with van der Waals surface area (Å²) in [7, 11) is 6.98. The molecule has 0 spiro atoms. The number of fused-ring (bicyclic) bond motifs is 1. The van der Waals surface area contributed by atoms with Crippen LogP contribution in [0.5, 0.6) is 11.5 Å². The van der Waals surface area contributed by atoms with Crippen molar-refractivity contribution in [3.05, 3.63) is 58.4 Å². The van der Waals surface area contributed by atoms with Crippen LogP contribution in [0.25, 0.3) is 10.9 Å². The summed E-state index contributed by atoms with van der Waals surface area (Å²) in [5.74, 6) is 1.96. The summed E-state index contributed by atoms with van der Waals surface area (Å²) < 4.78 is 12.7. The summed E-state index contributed by atoms with van der Waals surface area (Å²) in [6, 6.07) is 13.3. The van der Waals surface area contributed by atoms with E-state index in [-0.39, 0.29) is 5.56 Å². The van der Waals surface area contributed by atoms with E-state index in [1.807, 2.05) is 60.0 Å². The molecule has 0 aliphatic carbocycles. The molecule has 3 aromatic rings. The lowest BCUT2D eigenvalue weighted by atomic mass is 10.1. The minimum absolute atomic E-state index is 0.220. The van der Waals surface area contributed by atoms with Crippen LogP contribution in [-0.4, -0.2) is 37.9 Å². The smallest absolute Gasteiger partial charge is 0.282 e. The molecule has 0 radical (unpaired) electrons. The molecular weight excluding hydrogens is 318 g/mol. The van der Waals surface area contributed by atoms with Gasteiger partial charge in [0.25, 0.3) is 5.56 Å². The van der Waals surface area contributed by atoms with Crippen LogP contribution in [0.2, 0.25) is 0 Å². The molecule has 0 aliphatic rings. The molecule has 0 unspecified atom stereocenters. The molecule has 25 heavy (non-hydrogen) atoms. The predicted octanol–water partition coefficient (Wildman–Crippen LogP) is 2.53. The minimum atomic E-state index is -0.220. The van der Waals surface area contributed by atoms with Gasteiger partial charge in [-0.2, -0.15) is 4.98 Å². The first-order valence-electron chi connectivity index (χ1n) is 7.93. The average molecular weight is 339 g/mol. The van der Waals surface area contributed by atoms with E-state index in [1.165, 1.54) is 0 Å². The number of hydrogen-bond donors (Lipinski definition) is 0. The molecule has 0 aliphatic heterocycles. The van der Waals surface area contributed by atoms with Crippen LogP contribution in [-0.2, 0) is 6.54 Å². The molecule has 0 saturated heterocycles. The SMILES string of the molecule is COc1ccc(Cn2c(N(C)C)nc(=O)c3ccccc32)cc1OC. The Morgan fingerprint density at radius 3 is 2.44 bits per heavy atom. The Morgan fingerprint density at radius 2 is 1.76 bits per heavy atom. The highest BCUT2D eigenvalue weighted by atomic mass is 16.5. The number of anilines is 1. The maximum atomic E-state index is 12.3. The van der Waals surface area contributed by atoms with Crippen LogP contribution in [0.15, 0.2) is 47.3 Å². The summed E-state index contributed by atoms with van der Waals surface area (Å²) >= 11 is 0. The largest absolute Gasteiger partial charge is 0.493 e. The quantitative estimate of drug-likeness (QED) is 0.715. The van der Waals surface area contributed by atoms with E-state index in [1.54, 1.807) is 20.3 Å². The lowest BCUT2D eigenvalue weighted by molar-refractivity contribution is 0.354. The van der Waals surface area contributed by atoms with Crippen molar-refractivity contribution >= 4 is 16.9 Å². The first-order chi connectivity index (χ1) is 12.0. The average Bonchev–Trinajstić information content (AvgIpc) is 2.63. The number of nitrogens with zero attached hydrogens (tertiary/aromatic N) is 3. The zero-order chi connectivity index (χ0) is 18.0. The van der Waals surface area contributed by atoms with Gasteiger partial charge in [-0.15, -0.1) is 0 Å². The first kappa shape index (κ1) is 16.8. The van der Waals surface area contributed by atoms with Gasteiger partial charge in [-0.1, -0.05) is 18.2 Å². The minimum Gasteiger partial charge on any atom is -0.493 e. The number of rotatable bonds is 5. The van der Waals surface area contributed by atoms with E-state index in [9.17, 15) is 4.79 Å². The number of para-hydroxylation sites is 1. The van der Waals surface area contributed by atoms with Crippen molar-refractivity contribution in [1.29, 1.82) is 0 Å². The Kier molecular flexibility index (Phi) is 4.61. The fourth-order valence-corrected chi connectivity index (χ4v) is 2.87. The van der Waals surface area contributed by atoms with Crippen molar-refractivity contribution in [3.63, 3.8) is 0 Å². The van der Waals surface area contributed by atoms with Crippen LogP contribution < -0.4 is 19.9 Å². The van der Waals surface area contributed by atoms with Gasteiger partial charge < -0.3 is 18.9 Å². The van der Waals surface area contributed by atoms with Gasteiger partial charge in [0.2, 0.25) is 5.95 Å². The van der Waals surface area contributed by atoms with Gasteiger partial charge >= 0.3 is 0 Å². The number of methoxy groups -OCH3 is 2. The molecule has 0 N–H and O–H groups in total. The van der Waals surface area contributed by atoms with Gasteiger partial charge in [0.05, 0.1) is 31.7 Å². The second kappa shape index (κ2) is 6.84. The van der Waals surface area contributed by atoms with E-state index in [2.05, 4.69) is 4.98 Å². The third-order valence-electron chi connectivity index (χ3n) is 4.06. The summed E-state index contributed by atoms with van der Waals surface area (Å²) in [4.78, 5) is 18.4. The van der Waals surface area contributed by atoms with Crippen LogP contribution in [0.4, 0.5) is 5.95 Å². The second-order valence-electron chi connectivity index (χ2n) is 5.90. The van der Waals surface area contributed by atoms with Gasteiger partial charge in [-0.25, -0.2) is 0 Å². The fraction of sp³-hybridized carbons (Fsp3) is 0.263. The maximum Gasteiger partial charge on any atom is 0.282 e. The zero-order valence-corrected chi connectivity index (χ0v) is 14.8. The zero-order valence-electron chi connectivity index (χ0n) is 14.8. The van der Waals surface area contributed by atoms with Gasteiger partial charge in [-0.3, -0.25) is 4.79 Å². The summed E-state index contributed by atoms with van der Waals surface area (Å²) in [5, 5.41) is 0.605. The van der Waals surface area contributed by atoms with E-state index >= 15 is 0 Å². The van der Waals surface area contributed by atoms with E-state index in [4.69, 9.17) is 9.47 Å². The highest BCUT2D eigenvalue weighted by Crippen LogP contribution is 2.28. The normalized spacial score (nSPS) is 10.7. The Labute approximate surface area is 146 Å². The topological polar surface area (TPSA) is 56.6 Å². The van der Waals surface area contributed by atoms with E-state index < -0.39 is 0 Å². The van der Waals surface area contributed by atoms with Crippen LogP contribution in [0.3, 0.4) is 0 Å². The Morgan fingerprint density at radius 1 is 1.04 bits per heavy atom. The van der Waals surface area contributed by atoms with Crippen LogP contribution in [0.1, 0.15) is 5.56 Å². The van der Waals surface area contributed by atoms with E-state index in [0.717, 1.165) is 11.1 Å². The second-order valence-corrected chi connectivity index (χ2v) is 5.90. The third-order valence-corrected chi connectivity index (χ3v) is 4.06. The van der Waals surface area contributed by atoms with Crippen molar-refractivity contribution < 1.29 is 9.47 Å². The maximum absolute atomic E-state index is 12.3. The molecule has 0 saturated carbocycles. The number of hydrogen-bond acceptors (Lipinski definition) is 5. The number of aromatic nitrogens is 2. The van der Waals surface area contributed by atoms with Crippen molar-refractivity contribution in [2.75, 3.05) is 33.2 Å². The standard InChI is InChI=1S/C19H21N3O3/c1-21(2)19-20-18(23)14-7-5-6-8-15(14)22(19)12-13-9-10-16(24-3)17(11-13)25-4/h5-11H,12H2,1-4H3. The van der Waals surface area contributed by atoms with Gasteiger partial charge in [0.15, 0.2) is 11.5 Å². The Bertz CT molecular complexity index is 964. The molecule has 0 atom stereocenters. The Hall–Kier alpha value is -3.02. The molecule has 1 aromatic heterocycles. The van der Waals surface area contributed by atoms with Gasteiger partial charge in [-0.05, 0) is 29.8 Å². The summed E-state index contributed by atoms with van der Waals surface area (Å²) in [6.45, 7) is 0.557. The Balaban J connectivity index is 2.17. The highest BCUT2D eigenvalue weighted by molar-refractivity contribution is 5.79. The van der Waals surface area contributed by atoms with E-state index in [0.29, 0.717) is 29.4 Å². The molecule has 1 heterocycles.